The van der Waals surface area contributed by atoms with Gasteiger partial charge >= 0.3 is 5.97 Å². The lowest BCUT2D eigenvalue weighted by Crippen LogP contribution is -2.54. The van der Waals surface area contributed by atoms with Gasteiger partial charge in [0.2, 0.25) is 0 Å². The highest BCUT2D eigenvalue weighted by Crippen LogP contribution is 2.21. The number of hydrogen-bond acceptors (Lipinski definition) is 5. The lowest BCUT2D eigenvalue weighted by atomic mass is 10.1. The topological polar surface area (TPSA) is 110 Å². The zero-order chi connectivity index (χ0) is 17.8. The van der Waals surface area contributed by atoms with Crippen molar-refractivity contribution in [1.82, 2.24) is 5.32 Å². The number of carbonyl (C=O) groups is 2. The molecule has 1 aromatic rings. The van der Waals surface area contributed by atoms with Crippen LogP contribution < -0.4 is 10.1 Å². The van der Waals surface area contributed by atoms with Crippen LogP contribution in [0.25, 0.3) is 0 Å². The molecule has 0 aliphatic heterocycles. The highest BCUT2D eigenvalue weighted by atomic mass is 35.5. The molecule has 0 aliphatic rings. The van der Waals surface area contributed by atoms with E-state index in [1.165, 1.54) is 13.8 Å². The second-order valence-electron chi connectivity index (χ2n) is 5.52. The Labute approximate surface area is 139 Å². The second kappa shape index (κ2) is 7.18. The van der Waals surface area contributed by atoms with Crippen molar-refractivity contribution in [3.05, 3.63) is 29.3 Å². The fourth-order valence-corrected chi connectivity index (χ4v) is 2.61. The van der Waals surface area contributed by atoms with E-state index in [0.717, 1.165) is 6.26 Å². The van der Waals surface area contributed by atoms with Crippen LogP contribution in [0.3, 0.4) is 0 Å². The van der Waals surface area contributed by atoms with Crippen LogP contribution in [0, 0.1) is 0 Å². The second-order valence-corrected chi connectivity index (χ2v) is 8.14. The third kappa shape index (κ3) is 6.45. The van der Waals surface area contributed by atoms with Crippen molar-refractivity contribution < 1.29 is 27.9 Å². The first-order chi connectivity index (χ1) is 10.4. The monoisotopic (exact) mass is 363 g/mol. The fourth-order valence-electron chi connectivity index (χ4n) is 1.65. The number of benzene rings is 1. The van der Waals surface area contributed by atoms with E-state index in [0.29, 0.717) is 10.8 Å². The Kier molecular flexibility index (Phi) is 6.01. The van der Waals surface area contributed by atoms with Crippen molar-refractivity contribution in [2.75, 3.05) is 12.0 Å². The number of sulfone groups is 1. The van der Waals surface area contributed by atoms with Gasteiger partial charge in [0.05, 0.1) is 5.75 Å². The Morgan fingerprint density at radius 2 is 1.83 bits per heavy atom. The van der Waals surface area contributed by atoms with E-state index in [-0.39, 0.29) is 0 Å². The number of rotatable bonds is 7. The van der Waals surface area contributed by atoms with Gasteiger partial charge in [-0.25, -0.2) is 13.2 Å². The van der Waals surface area contributed by atoms with E-state index in [1.807, 2.05) is 0 Å². The van der Waals surface area contributed by atoms with Crippen molar-refractivity contribution in [2.45, 2.75) is 25.5 Å². The van der Waals surface area contributed by atoms with Gasteiger partial charge in [0.1, 0.15) is 21.6 Å². The van der Waals surface area contributed by atoms with E-state index in [4.69, 9.17) is 21.4 Å². The molecule has 0 aliphatic carbocycles. The molecule has 2 N–H and O–H groups in total. The van der Waals surface area contributed by atoms with Crippen LogP contribution >= 0.6 is 11.6 Å². The predicted octanol–water partition coefficient (Wildman–Crippen LogP) is 1.11. The van der Waals surface area contributed by atoms with Crippen LogP contribution in [-0.2, 0) is 19.4 Å². The van der Waals surface area contributed by atoms with Crippen LogP contribution in [0.5, 0.6) is 5.75 Å². The van der Waals surface area contributed by atoms with Gasteiger partial charge < -0.3 is 15.2 Å². The number of ether oxygens (including phenoxy) is 1. The van der Waals surface area contributed by atoms with Gasteiger partial charge in [-0.3, -0.25) is 4.79 Å². The third-order valence-corrected chi connectivity index (χ3v) is 4.00. The molecule has 0 heterocycles. The number of carboxylic acid groups (broad SMARTS) is 1. The highest BCUT2D eigenvalue weighted by molar-refractivity contribution is 7.90. The van der Waals surface area contributed by atoms with Gasteiger partial charge in [0.15, 0.2) is 5.60 Å². The summed E-state index contributed by atoms with van der Waals surface area (Å²) in [7, 11) is -3.57. The molecule has 1 amide bonds. The molecule has 1 aromatic carbocycles. The fraction of sp³-hybridized carbons (Fsp3) is 0.429. The van der Waals surface area contributed by atoms with Gasteiger partial charge in [-0.1, -0.05) is 11.6 Å². The lowest BCUT2D eigenvalue weighted by molar-refractivity contribution is -0.144. The molecule has 0 bridgehead atoms. The van der Waals surface area contributed by atoms with E-state index in [2.05, 4.69) is 5.32 Å². The first kappa shape index (κ1) is 19.2. The molecule has 0 saturated heterocycles. The average Bonchev–Trinajstić information content (AvgIpc) is 2.38. The summed E-state index contributed by atoms with van der Waals surface area (Å²) in [6, 6.07) is 4.72. The molecule has 1 rings (SSSR count). The molecular weight excluding hydrogens is 346 g/mol. The van der Waals surface area contributed by atoms with Crippen LogP contribution in [0.15, 0.2) is 24.3 Å². The van der Waals surface area contributed by atoms with Crippen LogP contribution in [0.4, 0.5) is 0 Å². The minimum Gasteiger partial charge on any atom is -0.480 e. The minimum absolute atomic E-state index is 0.365. The smallest absolute Gasteiger partial charge is 0.327 e. The summed E-state index contributed by atoms with van der Waals surface area (Å²) in [5, 5.41) is 11.7. The number of carboxylic acids is 1. The van der Waals surface area contributed by atoms with E-state index < -0.39 is 39.1 Å². The van der Waals surface area contributed by atoms with E-state index in [1.54, 1.807) is 24.3 Å². The maximum atomic E-state index is 12.2. The molecule has 1 unspecified atom stereocenters. The molecule has 9 heteroatoms. The Hall–Kier alpha value is -1.80. The van der Waals surface area contributed by atoms with Gasteiger partial charge in [-0.15, -0.1) is 0 Å². The van der Waals surface area contributed by atoms with Crippen molar-refractivity contribution in [2.24, 2.45) is 0 Å². The molecule has 7 nitrogen and oxygen atoms in total. The summed E-state index contributed by atoms with van der Waals surface area (Å²) < 4.78 is 28.0. The van der Waals surface area contributed by atoms with Gasteiger partial charge in [0.25, 0.3) is 5.91 Å². The van der Waals surface area contributed by atoms with Crippen LogP contribution in [-0.4, -0.2) is 49.1 Å². The number of nitrogens with one attached hydrogen (secondary N) is 1. The van der Waals surface area contributed by atoms with Crippen molar-refractivity contribution in [3.63, 3.8) is 0 Å². The number of carbonyl (C=O) groups excluding carboxylic acids is 1. The molecule has 1 atom stereocenters. The largest absolute Gasteiger partial charge is 0.480 e. The Balaban J connectivity index is 2.83. The number of hydrogen-bond donors (Lipinski definition) is 2. The van der Waals surface area contributed by atoms with Crippen molar-refractivity contribution >= 4 is 33.3 Å². The zero-order valence-corrected chi connectivity index (χ0v) is 14.4. The molecule has 0 radical (unpaired) electrons. The molecule has 0 spiro atoms. The maximum absolute atomic E-state index is 12.2. The van der Waals surface area contributed by atoms with Crippen molar-refractivity contribution in [3.8, 4) is 5.75 Å². The number of amides is 1. The Morgan fingerprint density at radius 3 is 2.26 bits per heavy atom. The minimum atomic E-state index is -3.57. The Bertz CT molecular complexity index is 684. The van der Waals surface area contributed by atoms with Gasteiger partial charge in [-0.05, 0) is 38.1 Å². The molecule has 0 saturated carbocycles. The lowest BCUT2D eigenvalue weighted by Gasteiger charge is -2.27. The zero-order valence-electron chi connectivity index (χ0n) is 12.9. The van der Waals surface area contributed by atoms with Gasteiger partial charge in [0, 0.05) is 11.3 Å². The molecule has 0 fully saturated rings. The summed E-state index contributed by atoms with van der Waals surface area (Å²) in [6.45, 7) is 2.88. The quantitative estimate of drug-likeness (QED) is 0.751. The molecule has 23 heavy (non-hydrogen) atoms. The molecule has 128 valence electrons. The first-order valence-electron chi connectivity index (χ1n) is 6.57. The van der Waals surface area contributed by atoms with E-state index >= 15 is 0 Å². The van der Waals surface area contributed by atoms with Crippen LogP contribution in [0.2, 0.25) is 5.02 Å². The molecule has 0 aromatic heterocycles. The molecular formula is C14H18ClNO6S. The first-order valence-corrected chi connectivity index (χ1v) is 9.00. The van der Waals surface area contributed by atoms with Crippen molar-refractivity contribution in [1.29, 1.82) is 0 Å². The van der Waals surface area contributed by atoms with Crippen LogP contribution in [0.1, 0.15) is 13.8 Å². The third-order valence-electron chi connectivity index (χ3n) is 2.81. The number of aliphatic carboxylic acids is 1. The standard InChI is InChI=1S/C14H18ClNO6S/c1-14(2,22-10-6-4-9(15)5-7-10)13(19)16-11(12(17)18)8-23(3,20)21/h4-7,11H,8H2,1-3H3,(H,16,19)(H,17,18). The summed E-state index contributed by atoms with van der Waals surface area (Å²) in [6.07, 6.45) is 0.893. The SMILES string of the molecule is CC(C)(Oc1ccc(Cl)cc1)C(=O)NC(CS(C)(=O)=O)C(=O)O. The highest BCUT2D eigenvalue weighted by Gasteiger charge is 2.34. The summed E-state index contributed by atoms with van der Waals surface area (Å²) in [4.78, 5) is 23.3. The number of halogens is 1. The maximum Gasteiger partial charge on any atom is 0.327 e. The van der Waals surface area contributed by atoms with Gasteiger partial charge in [-0.2, -0.15) is 0 Å². The predicted molar refractivity (Wildman–Crippen MR) is 85.4 cm³/mol. The summed E-state index contributed by atoms with van der Waals surface area (Å²) >= 11 is 5.75. The summed E-state index contributed by atoms with van der Waals surface area (Å²) in [5.74, 6) is -2.52. The normalized spacial score (nSPS) is 13.2. The Morgan fingerprint density at radius 1 is 1.30 bits per heavy atom. The van der Waals surface area contributed by atoms with E-state index in [9.17, 15) is 18.0 Å². The average molecular weight is 364 g/mol. The summed E-state index contributed by atoms with van der Waals surface area (Å²) in [5.41, 5.74) is -1.40.